The maximum Gasteiger partial charge on any atom is 0.243 e. The fraction of sp³-hybridized carbons (Fsp3) is 0.385. The zero-order valence-corrected chi connectivity index (χ0v) is 20.1. The van der Waals surface area contributed by atoms with Gasteiger partial charge in [0.1, 0.15) is 0 Å². The number of piperazine rings is 1. The number of anilines is 1. The highest BCUT2D eigenvalue weighted by molar-refractivity contribution is 7.89. The second-order valence-corrected chi connectivity index (χ2v) is 11.0. The zero-order valence-electron chi connectivity index (χ0n) is 19.3. The fourth-order valence-electron chi connectivity index (χ4n) is 4.73. The van der Waals surface area contributed by atoms with Gasteiger partial charge in [0.15, 0.2) is 5.82 Å². The summed E-state index contributed by atoms with van der Waals surface area (Å²) in [5, 5.41) is 8.86. The van der Waals surface area contributed by atoms with Gasteiger partial charge in [-0.1, -0.05) is 18.2 Å². The van der Waals surface area contributed by atoms with Gasteiger partial charge in [-0.15, -0.1) is 10.2 Å². The quantitative estimate of drug-likeness (QED) is 0.583. The third-order valence-electron chi connectivity index (χ3n) is 6.97. The van der Waals surface area contributed by atoms with Crippen LogP contribution in [0.5, 0.6) is 0 Å². The molecule has 0 N–H and O–H groups in total. The third kappa shape index (κ3) is 4.39. The first-order chi connectivity index (χ1) is 15.9. The van der Waals surface area contributed by atoms with E-state index < -0.39 is 10.0 Å². The van der Waals surface area contributed by atoms with E-state index in [-0.39, 0.29) is 0 Å². The Kier molecular flexibility index (Phi) is 5.93. The minimum absolute atomic E-state index is 0.425. The molecule has 3 aromatic rings. The van der Waals surface area contributed by atoms with Crippen LogP contribution in [-0.2, 0) is 22.9 Å². The number of hydrogen-bond acceptors (Lipinski definition) is 5. The predicted octanol–water partition coefficient (Wildman–Crippen LogP) is 4.15. The average Bonchev–Trinajstić information content (AvgIpc) is 2.85. The Labute approximate surface area is 196 Å². The molecule has 0 saturated carbocycles. The van der Waals surface area contributed by atoms with Crippen LogP contribution in [0.15, 0.2) is 53.4 Å². The molecular weight excluding hydrogens is 432 g/mol. The summed E-state index contributed by atoms with van der Waals surface area (Å²) in [5.74, 6) is 0.786. The molecule has 1 aliphatic heterocycles. The molecule has 2 aliphatic rings. The Bertz CT molecular complexity index is 1260. The van der Waals surface area contributed by atoms with Crippen LogP contribution >= 0.6 is 0 Å². The summed E-state index contributed by atoms with van der Waals surface area (Å²) in [6, 6.07) is 15.9. The van der Waals surface area contributed by atoms with Crippen molar-refractivity contribution in [1.82, 2.24) is 14.5 Å². The van der Waals surface area contributed by atoms with E-state index in [4.69, 9.17) is 0 Å². The molecule has 7 heteroatoms. The number of sulfonamides is 1. The van der Waals surface area contributed by atoms with Crippen molar-refractivity contribution in [3.05, 3.63) is 70.8 Å². The third-order valence-corrected chi connectivity index (χ3v) is 8.87. The van der Waals surface area contributed by atoms with Crippen molar-refractivity contribution in [2.75, 3.05) is 31.1 Å². The summed E-state index contributed by atoms with van der Waals surface area (Å²) in [5.41, 5.74) is 6.88. The minimum atomic E-state index is -3.48. The standard InChI is InChI=1S/C26H30N4O2S/c1-19-7-8-23(17-20(19)2)25-11-12-26(28-27-25)29-13-15-30(16-14-29)33(31,32)24-10-9-21-5-3-4-6-22(21)18-24/h7-12,17-18H,3-6,13-16H2,1-2H3. The van der Waals surface area contributed by atoms with Crippen LogP contribution in [0.2, 0.25) is 0 Å². The largest absolute Gasteiger partial charge is 0.352 e. The molecule has 5 rings (SSSR count). The van der Waals surface area contributed by atoms with E-state index in [9.17, 15) is 8.42 Å². The maximum absolute atomic E-state index is 13.2. The number of hydrogen-bond donors (Lipinski definition) is 0. The number of aryl methyl sites for hydroxylation is 4. The van der Waals surface area contributed by atoms with Gasteiger partial charge in [0.05, 0.1) is 10.6 Å². The van der Waals surface area contributed by atoms with Gasteiger partial charge in [-0.3, -0.25) is 0 Å². The van der Waals surface area contributed by atoms with Crippen molar-refractivity contribution in [3.63, 3.8) is 0 Å². The molecule has 0 atom stereocenters. The van der Waals surface area contributed by atoms with Gasteiger partial charge in [-0.25, -0.2) is 8.42 Å². The van der Waals surface area contributed by atoms with Crippen molar-refractivity contribution >= 4 is 15.8 Å². The summed E-state index contributed by atoms with van der Waals surface area (Å²) in [6.07, 6.45) is 4.36. The van der Waals surface area contributed by atoms with Crippen molar-refractivity contribution in [3.8, 4) is 11.3 Å². The minimum Gasteiger partial charge on any atom is -0.352 e. The molecule has 172 valence electrons. The van der Waals surface area contributed by atoms with Gasteiger partial charge >= 0.3 is 0 Å². The highest BCUT2D eigenvalue weighted by atomic mass is 32.2. The van der Waals surface area contributed by atoms with Crippen molar-refractivity contribution in [2.24, 2.45) is 0 Å². The van der Waals surface area contributed by atoms with Crippen LogP contribution in [0.25, 0.3) is 11.3 Å². The molecule has 0 radical (unpaired) electrons. The van der Waals surface area contributed by atoms with E-state index >= 15 is 0 Å². The van der Waals surface area contributed by atoms with Crippen LogP contribution in [0.4, 0.5) is 5.82 Å². The first-order valence-electron chi connectivity index (χ1n) is 11.7. The van der Waals surface area contributed by atoms with Crippen LogP contribution in [-0.4, -0.2) is 49.1 Å². The summed E-state index contributed by atoms with van der Waals surface area (Å²) in [7, 11) is -3.48. The SMILES string of the molecule is Cc1ccc(-c2ccc(N3CCN(S(=O)(=O)c4ccc5c(c4)CCCC5)CC3)nn2)cc1C. The molecule has 2 heterocycles. The Hall–Kier alpha value is -2.77. The Balaban J connectivity index is 1.26. The monoisotopic (exact) mass is 462 g/mol. The van der Waals surface area contributed by atoms with Gasteiger partial charge in [-0.05, 0) is 92.1 Å². The number of benzene rings is 2. The van der Waals surface area contributed by atoms with Gasteiger partial charge in [0.2, 0.25) is 10.0 Å². The average molecular weight is 463 g/mol. The first kappa shape index (κ1) is 22.0. The Morgan fingerprint density at radius 1 is 0.758 bits per heavy atom. The second-order valence-electron chi connectivity index (χ2n) is 9.10. The molecule has 2 aromatic carbocycles. The zero-order chi connectivity index (χ0) is 23.0. The lowest BCUT2D eigenvalue weighted by atomic mass is 9.92. The molecule has 0 bridgehead atoms. The molecular formula is C26H30N4O2S. The van der Waals surface area contributed by atoms with E-state index in [1.807, 2.05) is 24.3 Å². The lowest BCUT2D eigenvalue weighted by molar-refractivity contribution is 0.383. The predicted molar refractivity (Wildman–Crippen MR) is 131 cm³/mol. The normalized spacial score (nSPS) is 17.1. The van der Waals surface area contributed by atoms with Crippen LogP contribution < -0.4 is 4.90 Å². The molecule has 0 unspecified atom stereocenters. The topological polar surface area (TPSA) is 66.4 Å². The number of nitrogens with zero attached hydrogens (tertiary/aromatic N) is 4. The summed E-state index contributed by atoms with van der Waals surface area (Å²) >= 11 is 0. The lowest BCUT2D eigenvalue weighted by Crippen LogP contribution is -2.49. The van der Waals surface area contributed by atoms with Crippen LogP contribution in [0, 0.1) is 13.8 Å². The van der Waals surface area contributed by atoms with Crippen LogP contribution in [0.1, 0.15) is 35.1 Å². The Morgan fingerprint density at radius 3 is 2.21 bits per heavy atom. The maximum atomic E-state index is 13.2. The highest BCUT2D eigenvalue weighted by Gasteiger charge is 2.29. The van der Waals surface area contributed by atoms with E-state index in [0.29, 0.717) is 31.1 Å². The molecule has 1 aliphatic carbocycles. The molecule has 33 heavy (non-hydrogen) atoms. The lowest BCUT2D eigenvalue weighted by Gasteiger charge is -2.34. The molecule has 1 fully saturated rings. The van der Waals surface area contributed by atoms with Crippen LogP contribution in [0.3, 0.4) is 0 Å². The first-order valence-corrected chi connectivity index (χ1v) is 13.1. The van der Waals surface area contributed by atoms with E-state index in [1.54, 1.807) is 10.4 Å². The molecule has 1 aromatic heterocycles. The summed E-state index contributed by atoms with van der Waals surface area (Å²) in [4.78, 5) is 2.53. The number of aromatic nitrogens is 2. The van der Waals surface area contributed by atoms with Gasteiger partial charge < -0.3 is 4.90 Å². The van der Waals surface area contributed by atoms with Gasteiger partial charge in [0.25, 0.3) is 0 Å². The summed E-state index contributed by atoms with van der Waals surface area (Å²) < 4.78 is 28.1. The summed E-state index contributed by atoms with van der Waals surface area (Å²) in [6.45, 7) is 6.28. The van der Waals surface area contributed by atoms with Crippen molar-refractivity contribution in [1.29, 1.82) is 0 Å². The van der Waals surface area contributed by atoms with Crippen molar-refractivity contribution in [2.45, 2.75) is 44.4 Å². The van der Waals surface area contributed by atoms with E-state index in [2.05, 4.69) is 47.1 Å². The van der Waals surface area contributed by atoms with Gasteiger partial charge in [-0.2, -0.15) is 4.31 Å². The molecule has 0 spiro atoms. The second kappa shape index (κ2) is 8.88. The molecule has 1 saturated heterocycles. The number of fused-ring (bicyclic) bond motifs is 1. The number of rotatable bonds is 4. The molecule has 0 amide bonds. The Morgan fingerprint density at radius 2 is 1.52 bits per heavy atom. The van der Waals surface area contributed by atoms with Crippen molar-refractivity contribution < 1.29 is 8.42 Å². The fourth-order valence-corrected chi connectivity index (χ4v) is 6.20. The van der Waals surface area contributed by atoms with E-state index in [0.717, 1.165) is 36.3 Å². The highest BCUT2D eigenvalue weighted by Crippen LogP contribution is 2.27. The van der Waals surface area contributed by atoms with Gasteiger partial charge in [0, 0.05) is 31.7 Å². The smallest absolute Gasteiger partial charge is 0.243 e. The van der Waals surface area contributed by atoms with E-state index in [1.165, 1.54) is 28.7 Å². The molecule has 6 nitrogen and oxygen atoms in total.